The topological polar surface area (TPSA) is 26.3 Å². The zero-order valence-electron chi connectivity index (χ0n) is 22.4. The van der Waals surface area contributed by atoms with Crippen molar-refractivity contribution < 1.29 is 9.53 Å². The SMILES string of the molecule is C=C.C=CC[C@H]1CCC(=O)C[C@@H]1c1ccc(C(C)(C)CCCCCC)cc1OCc1ccccc1. The summed E-state index contributed by atoms with van der Waals surface area (Å²) in [5, 5.41) is 0. The van der Waals surface area contributed by atoms with Crippen LogP contribution in [0.2, 0.25) is 0 Å². The zero-order chi connectivity index (χ0) is 25.7. The number of benzene rings is 2. The molecule has 35 heavy (non-hydrogen) atoms. The zero-order valence-corrected chi connectivity index (χ0v) is 22.4. The summed E-state index contributed by atoms with van der Waals surface area (Å²) in [5.74, 6) is 1.98. The third-order valence-electron chi connectivity index (χ3n) is 7.37. The Labute approximate surface area is 214 Å². The lowest BCUT2D eigenvalue weighted by Gasteiger charge is -2.33. The van der Waals surface area contributed by atoms with Gasteiger partial charge in [0.15, 0.2) is 0 Å². The van der Waals surface area contributed by atoms with Crippen molar-refractivity contribution in [2.75, 3.05) is 0 Å². The predicted octanol–water partition coefficient (Wildman–Crippen LogP) is 9.34. The normalized spacial score (nSPS) is 17.9. The predicted molar refractivity (Wildman–Crippen MR) is 150 cm³/mol. The summed E-state index contributed by atoms with van der Waals surface area (Å²) < 4.78 is 6.48. The molecule has 0 radical (unpaired) electrons. The summed E-state index contributed by atoms with van der Waals surface area (Å²) in [6.45, 7) is 17.5. The standard InChI is InChI=1S/C31H42O2.C2H4/c1-5-7-8-12-20-31(3,4)26-17-19-28(29-22-27(32)18-16-25(29)13-6-2)30(21-26)33-23-24-14-10-9-11-15-24;1-2/h6,9-11,14-15,17,19,21,25,29H,2,5,7-8,12-13,16,18,20,22-23H2,1,3-4H3;1-2H2/t25-,29-;/m0./s1. The molecule has 0 heterocycles. The maximum atomic E-state index is 12.4. The third-order valence-corrected chi connectivity index (χ3v) is 7.37. The molecule has 2 aromatic rings. The molecule has 190 valence electrons. The van der Waals surface area contributed by atoms with Gasteiger partial charge in [-0.1, -0.05) is 95.0 Å². The summed E-state index contributed by atoms with van der Waals surface area (Å²) in [4.78, 5) is 12.4. The van der Waals surface area contributed by atoms with Gasteiger partial charge in [0, 0.05) is 12.8 Å². The maximum Gasteiger partial charge on any atom is 0.133 e. The second-order valence-corrected chi connectivity index (χ2v) is 10.4. The van der Waals surface area contributed by atoms with Gasteiger partial charge in [0.05, 0.1) is 0 Å². The van der Waals surface area contributed by atoms with Crippen LogP contribution in [0.5, 0.6) is 5.75 Å². The summed E-state index contributed by atoms with van der Waals surface area (Å²) in [7, 11) is 0. The molecule has 1 saturated carbocycles. The average molecular weight is 475 g/mol. The molecule has 0 aliphatic heterocycles. The summed E-state index contributed by atoms with van der Waals surface area (Å²) in [6, 6.07) is 17.1. The molecule has 2 atom stereocenters. The van der Waals surface area contributed by atoms with E-state index in [4.69, 9.17) is 4.74 Å². The van der Waals surface area contributed by atoms with E-state index < -0.39 is 0 Å². The summed E-state index contributed by atoms with van der Waals surface area (Å²) in [5.41, 5.74) is 3.78. The first-order chi connectivity index (χ1) is 16.9. The molecule has 0 unspecified atom stereocenters. The molecule has 1 fully saturated rings. The Bertz CT molecular complexity index is 912. The minimum absolute atomic E-state index is 0.0973. The molecule has 0 N–H and O–H groups in total. The summed E-state index contributed by atoms with van der Waals surface area (Å²) in [6.07, 6.45) is 11.5. The van der Waals surface area contributed by atoms with Gasteiger partial charge in [0.25, 0.3) is 0 Å². The number of ketones is 1. The number of unbranched alkanes of at least 4 members (excludes halogenated alkanes) is 3. The van der Waals surface area contributed by atoms with Gasteiger partial charge in [-0.2, -0.15) is 0 Å². The van der Waals surface area contributed by atoms with Gasteiger partial charge >= 0.3 is 0 Å². The lowest BCUT2D eigenvalue weighted by Crippen LogP contribution is -2.24. The van der Waals surface area contributed by atoms with Gasteiger partial charge < -0.3 is 4.74 Å². The minimum Gasteiger partial charge on any atom is -0.489 e. The van der Waals surface area contributed by atoms with Crippen LogP contribution >= 0.6 is 0 Å². The number of Topliss-reactive ketones (excluding diaryl/α,β-unsaturated/α-hetero) is 1. The molecule has 0 amide bonds. The van der Waals surface area contributed by atoms with E-state index in [2.05, 4.69) is 83.0 Å². The van der Waals surface area contributed by atoms with E-state index in [1.165, 1.54) is 43.2 Å². The Morgan fingerprint density at radius 1 is 1.06 bits per heavy atom. The monoisotopic (exact) mass is 474 g/mol. The van der Waals surface area contributed by atoms with Gasteiger partial charge in [0.1, 0.15) is 18.1 Å². The Morgan fingerprint density at radius 3 is 2.49 bits per heavy atom. The quantitative estimate of drug-likeness (QED) is 0.226. The number of ether oxygens (including phenoxy) is 1. The number of rotatable bonds is 12. The van der Waals surface area contributed by atoms with Crippen molar-refractivity contribution in [1.82, 2.24) is 0 Å². The Kier molecular flexibility index (Phi) is 12.0. The van der Waals surface area contributed by atoms with Gasteiger partial charge in [-0.15, -0.1) is 19.7 Å². The van der Waals surface area contributed by atoms with E-state index in [9.17, 15) is 4.79 Å². The second-order valence-electron chi connectivity index (χ2n) is 10.4. The Balaban J connectivity index is 0.00000210. The van der Waals surface area contributed by atoms with Crippen LogP contribution in [-0.4, -0.2) is 5.78 Å². The van der Waals surface area contributed by atoms with Crippen molar-refractivity contribution in [2.45, 2.75) is 96.5 Å². The first kappa shape index (κ1) is 28.6. The molecule has 1 aliphatic rings. The molecular formula is C33H46O2. The first-order valence-corrected chi connectivity index (χ1v) is 13.4. The second kappa shape index (κ2) is 14.7. The van der Waals surface area contributed by atoms with Crippen molar-refractivity contribution >= 4 is 5.78 Å². The number of carbonyl (C=O) groups excluding carboxylic acids is 1. The van der Waals surface area contributed by atoms with Crippen LogP contribution < -0.4 is 4.74 Å². The van der Waals surface area contributed by atoms with E-state index in [-0.39, 0.29) is 11.3 Å². The molecular weight excluding hydrogens is 428 g/mol. The van der Waals surface area contributed by atoms with Crippen LogP contribution in [0.3, 0.4) is 0 Å². The van der Waals surface area contributed by atoms with Crippen molar-refractivity contribution in [2.24, 2.45) is 5.92 Å². The molecule has 3 rings (SSSR count). The fourth-order valence-corrected chi connectivity index (χ4v) is 5.18. The average Bonchev–Trinajstić information content (AvgIpc) is 2.88. The van der Waals surface area contributed by atoms with E-state index >= 15 is 0 Å². The maximum absolute atomic E-state index is 12.4. The molecule has 1 aliphatic carbocycles. The highest BCUT2D eigenvalue weighted by Gasteiger charge is 2.32. The largest absolute Gasteiger partial charge is 0.489 e. The number of allylic oxidation sites excluding steroid dienone is 1. The highest BCUT2D eigenvalue weighted by Crippen LogP contribution is 2.44. The van der Waals surface area contributed by atoms with E-state index in [0.29, 0.717) is 31.1 Å². The fraction of sp³-hybridized carbons (Fsp3) is 0.485. The van der Waals surface area contributed by atoms with Crippen LogP contribution in [0.15, 0.2) is 74.3 Å². The smallest absolute Gasteiger partial charge is 0.133 e. The number of hydrogen-bond donors (Lipinski definition) is 0. The molecule has 0 aromatic heterocycles. The minimum atomic E-state index is 0.0973. The Hall–Kier alpha value is -2.61. The molecule has 0 spiro atoms. The van der Waals surface area contributed by atoms with Crippen LogP contribution in [0.1, 0.15) is 101 Å². The van der Waals surface area contributed by atoms with Gasteiger partial charge in [0.2, 0.25) is 0 Å². The third kappa shape index (κ3) is 8.53. The van der Waals surface area contributed by atoms with Crippen LogP contribution in [0.25, 0.3) is 0 Å². The van der Waals surface area contributed by atoms with Gasteiger partial charge in [-0.3, -0.25) is 4.79 Å². The van der Waals surface area contributed by atoms with Crippen LogP contribution in [0, 0.1) is 5.92 Å². The molecule has 0 saturated heterocycles. The fourth-order valence-electron chi connectivity index (χ4n) is 5.18. The van der Waals surface area contributed by atoms with Crippen molar-refractivity contribution in [3.05, 3.63) is 91.0 Å². The van der Waals surface area contributed by atoms with E-state index in [1.54, 1.807) is 0 Å². The highest BCUT2D eigenvalue weighted by molar-refractivity contribution is 5.80. The van der Waals surface area contributed by atoms with Gasteiger partial charge in [-0.05, 0) is 59.3 Å². The highest BCUT2D eigenvalue weighted by atomic mass is 16.5. The number of carbonyl (C=O) groups is 1. The lowest BCUT2D eigenvalue weighted by atomic mass is 9.72. The number of hydrogen-bond acceptors (Lipinski definition) is 2. The van der Waals surface area contributed by atoms with Crippen LogP contribution in [-0.2, 0) is 16.8 Å². The summed E-state index contributed by atoms with van der Waals surface area (Å²) >= 11 is 0. The molecule has 2 heteroatoms. The lowest BCUT2D eigenvalue weighted by molar-refractivity contribution is -0.121. The van der Waals surface area contributed by atoms with Crippen molar-refractivity contribution in [1.29, 1.82) is 0 Å². The molecule has 2 nitrogen and oxygen atoms in total. The van der Waals surface area contributed by atoms with Gasteiger partial charge in [-0.25, -0.2) is 0 Å². The molecule has 0 bridgehead atoms. The van der Waals surface area contributed by atoms with Crippen LogP contribution in [0.4, 0.5) is 0 Å². The van der Waals surface area contributed by atoms with Crippen molar-refractivity contribution in [3.63, 3.8) is 0 Å². The van der Waals surface area contributed by atoms with E-state index in [1.807, 2.05) is 12.1 Å². The molecule has 2 aromatic carbocycles. The first-order valence-electron chi connectivity index (χ1n) is 13.4. The van der Waals surface area contributed by atoms with Crippen molar-refractivity contribution in [3.8, 4) is 5.75 Å². The van der Waals surface area contributed by atoms with E-state index in [0.717, 1.165) is 24.2 Å². The Morgan fingerprint density at radius 2 is 1.80 bits per heavy atom.